The summed E-state index contributed by atoms with van der Waals surface area (Å²) >= 11 is 5.87. The van der Waals surface area contributed by atoms with E-state index in [1.807, 2.05) is 0 Å². The first-order chi connectivity index (χ1) is 8.56. The molecule has 2 rings (SSSR count). The van der Waals surface area contributed by atoms with Crippen molar-refractivity contribution in [2.45, 2.75) is 19.1 Å². The number of aromatic nitrogens is 2. The van der Waals surface area contributed by atoms with E-state index in [9.17, 15) is 5.11 Å². The van der Waals surface area contributed by atoms with Crippen molar-refractivity contribution in [1.29, 1.82) is 0 Å². The first-order valence-electron chi connectivity index (χ1n) is 5.66. The highest BCUT2D eigenvalue weighted by molar-refractivity contribution is 6.30. The van der Waals surface area contributed by atoms with Crippen LogP contribution in [0.4, 0.5) is 0 Å². The normalized spacial score (nSPS) is 14.2. The lowest BCUT2D eigenvalue weighted by atomic mass is 10.1. The van der Waals surface area contributed by atoms with Gasteiger partial charge in [0.05, 0.1) is 5.69 Å². The Morgan fingerprint density at radius 2 is 2.17 bits per heavy atom. The Morgan fingerprint density at radius 1 is 1.39 bits per heavy atom. The van der Waals surface area contributed by atoms with E-state index in [2.05, 4.69) is 5.10 Å². The third-order valence-electron chi connectivity index (χ3n) is 2.60. The molecule has 0 saturated carbocycles. The highest BCUT2D eigenvalue weighted by atomic mass is 35.5. The van der Waals surface area contributed by atoms with Gasteiger partial charge in [-0.3, -0.25) is 4.68 Å². The monoisotopic (exact) mass is 266 g/mol. The smallest absolute Gasteiger partial charge is 0.134 e. The van der Waals surface area contributed by atoms with Crippen molar-refractivity contribution in [2.24, 2.45) is 7.05 Å². The molecule has 2 unspecified atom stereocenters. The summed E-state index contributed by atoms with van der Waals surface area (Å²) in [5.41, 5.74) is 0.590. The molecule has 0 amide bonds. The van der Waals surface area contributed by atoms with Gasteiger partial charge in [-0.1, -0.05) is 17.7 Å². The Morgan fingerprint density at radius 3 is 2.78 bits per heavy atom. The van der Waals surface area contributed by atoms with Crippen LogP contribution in [-0.4, -0.2) is 21.0 Å². The van der Waals surface area contributed by atoms with Crippen LogP contribution in [-0.2, 0) is 7.05 Å². The summed E-state index contributed by atoms with van der Waals surface area (Å²) < 4.78 is 7.28. The number of nitrogens with zero attached hydrogens (tertiary/aromatic N) is 2. The number of hydrogen-bond acceptors (Lipinski definition) is 3. The predicted octanol–water partition coefficient (Wildman–Crippen LogP) is 2.57. The van der Waals surface area contributed by atoms with Crippen molar-refractivity contribution in [2.75, 3.05) is 0 Å². The summed E-state index contributed by atoms with van der Waals surface area (Å²) in [5.74, 6) is 0.630. The van der Waals surface area contributed by atoms with Crippen molar-refractivity contribution in [1.82, 2.24) is 9.78 Å². The number of ether oxygens (including phenoxy) is 1. The Labute approximate surface area is 111 Å². The molecule has 5 heteroatoms. The molecule has 1 aromatic heterocycles. The minimum absolute atomic E-state index is 0.404. The van der Waals surface area contributed by atoms with E-state index in [-0.39, 0.29) is 0 Å². The lowest BCUT2D eigenvalue weighted by Gasteiger charge is -2.19. The number of hydrogen-bond donors (Lipinski definition) is 1. The van der Waals surface area contributed by atoms with E-state index in [1.54, 1.807) is 55.2 Å². The fraction of sp³-hybridized carbons (Fsp3) is 0.308. The van der Waals surface area contributed by atoms with E-state index >= 15 is 0 Å². The van der Waals surface area contributed by atoms with E-state index < -0.39 is 12.2 Å². The highest BCUT2D eigenvalue weighted by Gasteiger charge is 2.20. The fourth-order valence-electron chi connectivity index (χ4n) is 1.65. The first kappa shape index (κ1) is 12.9. The van der Waals surface area contributed by atoms with Crippen LogP contribution in [0.2, 0.25) is 5.02 Å². The number of aliphatic hydroxyl groups is 1. The van der Waals surface area contributed by atoms with Crippen LogP contribution >= 0.6 is 11.6 Å². The molecule has 0 bridgehead atoms. The summed E-state index contributed by atoms with van der Waals surface area (Å²) in [7, 11) is 1.80. The molecule has 0 spiro atoms. The van der Waals surface area contributed by atoms with Crippen LogP contribution in [0.25, 0.3) is 0 Å². The van der Waals surface area contributed by atoms with E-state index in [4.69, 9.17) is 16.3 Å². The van der Waals surface area contributed by atoms with Crippen LogP contribution in [0.1, 0.15) is 18.7 Å². The maximum absolute atomic E-state index is 10.1. The predicted molar refractivity (Wildman–Crippen MR) is 69.7 cm³/mol. The lowest BCUT2D eigenvalue weighted by Crippen LogP contribution is -2.22. The summed E-state index contributed by atoms with van der Waals surface area (Å²) in [6.45, 7) is 1.79. The number of aliphatic hydroxyl groups excluding tert-OH is 1. The summed E-state index contributed by atoms with van der Waals surface area (Å²) in [6.07, 6.45) is 0.605. The van der Waals surface area contributed by atoms with Crippen molar-refractivity contribution in [3.63, 3.8) is 0 Å². The molecule has 4 nitrogen and oxygen atoms in total. The highest BCUT2D eigenvalue weighted by Crippen LogP contribution is 2.23. The number of rotatable bonds is 4. The van der Waals surface area contributed by atoms with Crippen LogP contribution in [0.5, 0.6) is 5.75 Å². The fourth-order valence-corrected chi connectivity index (χ4v) is 1.83. The summed E-state index contributed by atoms with van der Waals surface area (Å²) in [4.78, 5) is 0. The Kier molecular flexibility index (Phi) is 3.89. The molecule has 1 aromatic carbocycles. The molecule has 0 aliphatic rings. The zero-order valence-electron chi connectivity index (χ0n) is 10.2. The van der Waals surface area contributed by atoms with Crippen molar-refractivity contribution in [3.05, 3.63) is 47.2 Å². The standard InChI is InChI=1S/C13H15ClN2O2/c1-9(13(17)12-6-7-16(2)15-12)18-11-5-3-4-10(14)8-11/h3-9,13,17H,1-2H3. The van der Waals surface area contributed by atoms with Gasteiger partial charge in [-0.25, -0.2) is 0 Å². The molecule has 2 aromatic rings. The Bertz CT molecular complexity index is 527. The van der Waals surface area contributed by atoms with E-state index in [1.165, 1.54) is 0 Å². The molecule has 1 heterocycles. The summed E-state index contributed by atoms with van der Waals surface area (Å²) in [5, 5.41) is 14.9. The van der Waals surface area contributed by atoms with Crippen LogP contribution in [0.3, 0.4) is 0 Å². The number of benzene rings is 1. The molecule has 0 fully saturated rings. The molecular weight excluding hydrogens is 252 g/mol. The first-order valence-corrected chi connectivity index (χ1v) is 6.04. The maximum Gasteiger partial charge on any atom is 0.134 e. The third kappa shape index (κ3) is 3.03. The average molecular weight is 267 g/mol. The third-order valence-corrected chi connectivity index (χ3v) is 2.84. The second kappa shape index (κ2) is 5.42. The molecule has 1 N–H and O–H groups in total. The second-order valence-corrected chi connectivity index (χ2v) is 4.58. The van der Waals surface area contributed by atoms with Gasteiger partial charge in [0.15, 0.2) is 0 Å². The lowest BCUT2D eigenvalue weighted by molar-refractivity contribution is 0.0435. The molecule has 2 atom stereocenters. The van der Waals surface area contributed by atoms with Crippen molar-refractivity contribution in [3.8, 4) is 5.75 Å². The topological polar surface area (TPSA) is 47.3 Å². The largest absolute Gasteiger partial charge is 0.488 e. The van der Waals surface area contributed by atoms with Gasteiger partial charge < -0.3 is 9.84 Å². The second-order valence-electron chi connectivity index (χ2n) is 4.14. The summed E-state index contributed by atoms with van der Waals surface area (Å²) in [6, 6.07) is 8.85. The van der Waals surface area contributed by atoms with Gasteiger partial charge in [-0.05, 0) is 31.2 Å². The van der Waals surface area contributed by atoms with E-state index in [0.29, 0.717) is 16.5 Å². The molecule has 96 valence electrons. The van der Waals surface area contributed by atoms with Crippen LogP contribution in [0.15, 0.2) is 36.5 Å². The van der Waals surface area contributed by atoms with Crippen molar-refractivity contribution >= 4 is 11.6 Å². The van der Waals surface area contributed by atoms with Gasteiger partial charge in [0.2, 0.25) is 0 Å². The molecule has 0 aliphatic heterocycles. The Balaban J connectivity index is 2.05. The van der Waals surface area contributed by atoms with Gasteiger partial charge in [0.25, 0.3) is 0 Å². The van der Waals surface area contributed by atoms with Gasteiger partial charge in [-0.15, -0.1) is 0 Å². The molecule has 0 radical (unpaired) electrons. The molecular formula is C13H15ClN2O2. The van der Waals surface area contributed by atoms with Gasteiger partial charge in [0.1, 0.15) is 18.0 Å². The number of halogens is 1. The molecule has 18 heavy (non-hydrogen) atoms. The minimum atomic E-state index is -0.773. The van der Waals surface area contributed by atoms with Crippen LogP contribution in [0, 0.1) is 0 Å². The molecule has 0 aliphatic carbocycles. The van der Waals surface area contributed by atoms with Crippen LogP contribution < -0.4 is 4.74 Å². The zero-order valence-corrected chi connectivity index (χ0v) is 11.0. The van der Waals surface area contributed by atoms with Gasteiger partial charge in [0, 0.05) is 18.3 Å². The average Bonchev–Trinajstić information content (AvgIpc) is 2.75. The minimum Gasteiger partial charge on any atom is -0.488 e. The quantitative estimate of drug-likeness (QED) is 0.925. The van der Waals surface area contributed by atoms with E-state index in [0.717, 1.165) is 0 Å². The number of aryl methyl sites for hydroxylation is 1. The SMILES string of the molecule is CC(Oc1cccc(Cl)c1)C(O)c1ccn(C)n1. The molecule has 0 saturated heterocycles. The van der Waals surface area contributed by atoms with Crippen molar-refractivity contribution < 1.29 is 9.84 Å². The van der Waals surface area contributed by atoms with Gasteiger partial charge in [-0.2, -0.15) is 5.10 Å². The maximum atomic E-state index is 10.1. The Hall–Kier alpha value is -1.52. The zero-order chi connectivity index (χ0) is 13.1. The van der Waals surface area contributed by atoms with Gasteiger partial charge >= 0.3 is 0 Å².